The van der Waals surface area contributed by atoms with Gasteiger partial charge in [0.15, 0.2) is 0 Å². The van der Waals surface area contributed by atoms with Gasteiger partial charge in [-0.1, -0.05) is 11.6 Å². The van der Waals surface area contributed by atoms with Crippen molar-refractivity contribution in [2.75, 3.05) is 0 Å². The second kappa shape index (κ2) is 7.17. The van der Waals surface area contributed by atoms with Crippen molar-refractivity contribution in [3.05, 3.63) is 82.4 Å². The Morgan fingerprint density at radius 1 is 1.00 bits per heavy atom. The molecule has 2 aromatic carbocycles. The molecule has 0 aliphatic heterocycles. The van der Waals surface area contributed by atoms with Crippen LogP contribution in [-0.4, -0.2) is 18.9 Å². The third-order valence-corrected chi connectivity index (χ3v) is 5.74. The lowest BCUT2D eigenvalue weighted by Gasteiger charge is -2.12. The summed E-state index contributed by atoms with van der Waals surface area (Å²) < 4.78 is 41.4. The van der Waals surface area contributed by atoms with E-state index in [0.717, 1.165) is 41.3 Å². The molecule has 0 saturated heterocycles. The van der Waals surface area contributed by atoms with Crippen LogP contribution in [0.2, 0.25) is 5.02 Å². The number of aromatic nitrogens is 1. The van der Waals surface area contributed by atoms with Crippen molar-refractivity contribution in [2.24, 2.45) is 0 Å². The van der Waals surface area contributed by atoms with Gasteiger partial charge in [-0.25, -0.2) is 17.5 Å². The van der Waals surface area contributed by atoms with E-state index in [0.29, 0.717) is 0 Å². The molecule has 1 heterocycles. The first kappa shape index (κ1) is 19.1. The summed E-state index contributed by atoms with van der Waals surface area (Å²) >= 11 is 6.22. The quantitative estimate of drug-likeness (QED) is 0.711. The normalized spacial score (nSPS) is 11.4. The molecule has 0 fully saturated rings. The number of amides is 1. The van der Waals surface area contributed by atoms with Gasteiger partial charge < -0.3 is 4.57 Å². The first-order valence-electron chi connectivity index (χ1n) is 7.96. The lowest BCUT2D eigenvalue weighted by molar-refractivity contribution is 0.0981. The maximum absolute atomic E-state index is 13.0. The molecule has 8 heteroatoms. The summed E-state index contributed by atoms with van der Waals surface area (Å²) in [6.07, 6.45) is 0. The van der Waals surface area contributed by atoms with E-state index in [-0.39, 0.29) is 15.5 Å². The summed E-state index contributed by atoms with van der Waals surface area (Å²) in [5.74, 6) is -1.44. The number of hydrogen-bond acceptors (Lipinski definition) is 3. The van der Waals surface area contributed by atoms with Crippen LogP contribution >= 0.6 is 11.6 Å². The Bertz CT molecular complexity index is 1100. The van der Waals surface area contributed by atoms with E-state index in [1.54, 1.807) is 12.1 Å². The second-order valence-electron chi connectivity index (χ2n) is 6.00. The Morgan fingerprint density at radius 2 is 1.59 bits per heavy atom. The molecule has 27 heavy (non-hydrogen) atoms. The number of halogens is 2. The summed E-state index contributed by atoms with van der Waals surface area (Å²) in [5, 5.41) is 0.117. The van der Waals surface area contributed by atoms with Crippen LogP contribution in [0.4, 0.5) is 4.39 Å². The van der Waals surface area contributed by atoms with Gasteiger partial charge >= 0.3 is 0 Å². The van der Waals surface area contributed by atoms with Crippen molar-refractivity contribution in [1.82, 2.24) is 9.29 Å². The van der Waals surface area contributed by atoms with Gasteiger partial charge in [0.25, 0.3) is 15.9 Å². The van der Waals surface area contributed by atoms with Crippen LogP contribution in [-0.2, 0) is 10.0 Å². The number of sulfonamides is 1. The number of rotatable bonds is 4. The number of benzene rings is 2. The van der Waals surface area contributed by atoms with E-state index >= 15 is 0 Å². The molecule has 0 bridgehead atoms. The third kappa shape index (κ3) is 3.89. The molecule has 3 aromatic rings. The highest BCUT2D eigenvalue weighted by Crippen LogP contribution is 2.24. The van der Waals surface area contributed by atoms with E-state index in [4.69, 9.17) is 11.6 Å². The summed E-state index contributed by atoms with van der Waals surface area (Å²) in [6.45, 7) is 3.88. The first-order valence-corrected chi connectivity index (χ1v) is 9.83. The fourth-order valence-corrected chi connectivity index (χ4v) is 3.98. The third-order valence-electron chi connectivity index (χ3n) is 4.08. The zero-order valence-corrected chi connectivity index (χ0v) is 16.1. The SMILES string of the molecule is Cc1ccc(C)n1-c1ccc(C(=O)NS(=O)(=O)c2ccc(F)cc2)c(Cl)c1. The van der Waals surface area contributed by atoms with Crippen LogP contribution in [0.25, 0.3) is 5.69 Å². The van der Waals surface area contributed by atoms with Gasteiger partial charge in [0.1, 0.15) is 5.82 Å². The van der Waals surface area contributed by atoms with Crippen LogP contribution in [0, 0.1) is 19.7 Å². The van der Waals surface area contributed by atoms with Crippen LogP contribution in [0.15, 0.2) is 59.5 Å². The van der Waals surface area contributed by atoms with Crippen LogP contribution in [0.3, 0.4) is 0 Å². The predicted molar refractivity (Wildman–Crippen MR) is 101 cm³/mol. The van der Waals surface area contributed by atoms with E-state index in [1.165, 1.54) is 6.07 Å². The molecule has 1 N–H and O–H groups in total. The summed E-state index contributed by atoms with van der Waals surface area (Å²) in [5.41, 5.74) is 2.78. The first-order chi connectivity index (χ1) is 12.7. The highest BCUT2D eigenvalue weighted by atomic mass is 35.5. The standard InChI is InChI=1S/C19H16ClFN2O3S/c1-12-3-4-13(2)23(12)15-7-10-17(18(20)11-15)19(24)22-27(25,26)16-8-5-14(21)6-9-16/h3-11H,1-2H3,(H,22,24). The largest absolute Gasteiger partial charge is 0.318 e. The van der Waals surface area contributed by atoms with Gasteiger partial charge in [-0.3, -0.25) is 4.79 Å². The van der Waals surface area contributed by atoms with E-state index in [2.05, 4.69) is 0 Å². The lowest BCUT2D eigenvalue weighted by Crippen LogP contribution is -2.30. The Labute approximate surface area is 161 Å². The van der Waals surface area contributed by atoms with Crippen molar-refractivity contribution in [1.29, 1.82) is 0 Å². The minimum atomic E-state index is -4.14. The van der Waals surface area contributed by atoms with Gasteiger partial charge in [-0.2, -0.15) is 0 Å². The molecule has 0 radical (unpaired) electrons. The molecule has 0 atom stereocenters. The zero-order chi connectivity index (χ0) is 19.8. The number of nitrogens with one attached hydrogen (secondary N) is 1. The molecule has 0 aliphatic rings. The fourth-order valence-electron chi connectivity index (χ4n) is 2.75. The molecule has 140 valence electrons. The maximum Gasteiger partial charge on any atom is 0.266 e. The number of carbonyl (C=O) groups is 1. The summed E-state index contributed by atoms with van der Waals surface area (Å²) in [7, 11) is -4.14. The average molecular weight is 407 g/mol. The molecule has 5 nitrogen and oxygen atoms in total. The van der Waals surface area contributed by atoms with Gasteiger partial charge in [0.05, 0.1) is 15.5 Å². The highest BCUT2D eigenvalue weighted by molar-refractivity contribution is 7.90. The number of hydrogen-bond donors (Lipinski definition) is 1. The summed E-state index contributed by atoms with van der Waals surface area (Å²) in [6, 6.07) is 12.8. The number of aryl methyl sites for hydroxylation is 2. The van der Waals surface area contributed by atoms with Gasteiger partial charge in [0, 0.05) is 17.1 Å². The molecule has 0 aliphatic carbocycles. The molecular formula is C19H16ClFN2O3S. The smallest absolute Gasteiger partial charge is 0.266 e. The molecule has 3 rings (SSSR count). The van der Waals surface area contributed by atoms with Crippen LogP contribution in [0.5, 0.6) is 0 Å². The van der Waals surface area contributed by atoms with Gasteiger partial charge in [0.2, 0.25) is 0 Å². The fraction of sp³-hybridized carbons (Fsp3) is 0.105. The summed E-state index contributed by atoms with van der Waals surface area (Å²) in [4.78, 5) is 12.2. The molecular weight excluding hydrogens is 391 g/mol. The molecule has 0 unspecified atom stereocenters. The van der Waals surface area contributed by atoms with Crippen LogP contribution < -0.4 is 4.72 Å². The van der Waals surface area contributed by atoms with Crippen molar-refractivity contribution in [2.45, 2.75) is 18.7 Å². The molecule has 0 spiro atoms. The van der Waals surface area contributed by atoms with E-state index in [1.807, 2.05) is 35.3 Å². The van der Waals surface area contributed by atoms with E-state index in [9.17, 15) is 17.6 Å². The minimum absolute atomic E-state index is 0.0218. The van der Waals surface area contributed by atoms with Crippen molar-refractivity contribution >= 4 is 27.5 Å². The van der Waals surface area contributed by atoms with Gasteiger partial charge in [-0.05, 0) is 68.4 Å². The number of carbonyl (C=O) groups excluding carboxylic acids is 1. The Morgan fingerprint density at radius 3 is 2.15 bits per heavy atom. The maximum atomic E-state index is 13.0. The van der Waals surface area contributed by atoms with Crippen LogP contribution in [0.1, 0.15) is 21.7 Å². The Hall–Kier alpha value is -2.64. The van der Waals surface area contributed by atoms with Crippen molar-refractivity contribution in [3.8, 4) is 5.69 Å². The highest BCUT2D eigenvalue weighted by Gasteiger charge is 2.21. The minimum Gasteiger partial charge on any atom is -0.318 e. The Balaban J connectivity index is 1.88. The lowest BCUT2D eigenvalue weighted by atomic mass is 10.2. The van der Waals surface area contributed by atoms with Crippen molar-refractivity contribution in [3.63, 3.8) is 0 Å². The second-order valence-corrected chi connectivity index (χ2v) is 8.09. The molecule has 1 amide bonds. The van der Waals surface area contributed by atoms with Gasteiger partial charge in [-0.15, -0.1) is 0 Å². The number of nitrogens with zero attached hydrogens (tertiary/aromatic N) is 1. The molecule has 1 aromatic heterocycles. The zero-order valence-electron chi connectivity index (χ0n) is 14.5. The average Bonchev–Trinajstić information content (AvgIpc) is 2.93. The predicted octanol–water partition coefficient (Wildman–Crippen LogP) is 4.01. The van der Waals surface area contributed by atoms with Crippen molar-refractivity contribution < 1.29 is 17.6 Å². The van der Waals surface area contributed by atoms with E-state index < -0.39 is 21.7 Å². The Kier molecular flexibility index (Phi) is 5.08. The monoisotopic (exact) mass is 406 g/mol. The topological polar surface area (TPSA) is 68.2 Å². The molecule has 0 saturated carbocycles.